The van der Waals surface area contributed by atoms with E-state index < -0.39 is 28.2 Å². The fourth-order valence-electron chi connectivity index (χ4n) is 5.31. The molecule has 1 heterocycles. The molecule has 0 fully saturated rings. The van der Waals surface area contributed by atoms with Gasteiger partial charge in [-0.2, -0.15) is 0 Å². The molecule has 7 rings (SSSR count). The van der Waals surface area contributed by atoms with E-state index in [9.17, 15) is 19.7 Å². The van der Waals surface area contributed by atoms with Crippen LogP contribution in [0.4, 0.5) is 5.69 Å². The summed E-state index contributed by atoms with van der Waals surface area (Å²) in [6.45, 7) is 0. The Morgan fingerprint density at radius 2 is 1.30 bits per heavy atom. The molecule has 3 aromatic rings. The number of nitro groups is 1. The number of amides is 2. The normalized spacial score (nSPS) is 23.3. The van der Waals surface area contributed by atoms with E-state index in [4.69, 9.17) is 0 Å². The van der Waals surface area contributed by atoms with Crippen molar-refractivity contribution >= 4 is 17.5 Å². The highest BCUT2D eigenvalue weighted by Crippen LogP contribution is 2.61. The lowest BCUT2D eigenvalue weighted by Gasteiger charge is -2.42. The summed E-state index contributed by atoms with van der Waals surface area (Å²) in [7, 11) is 0. The van der Waals surface area contributed by atoms with Gasteiger partial charge in [-0.3, -0.25) is 19.7 Å². The Labute approximate surface area is 171 Å². The average molecular weight is 394 g/mol. The molecule has 0 spiro atoms. The predicted octanol–water partition coefficient (Wildman–Crippen LogP) is 3.54. The monoisotopic (exact) mass is 394 g/mol. The van der Waals surface area contributed by atoms with Crippen molar-refractivity contribution in [2.45, 2.75) is 11.5 Å². The van der Waals surface area contributed by atoms with Gasteiger partial charge in [-0.25, -0.2) is 4.90 Å². The van der Waals surface area contributed by atoms with Gasteiger partial charge in [0.25, 0.3) is 11.8 Å². The highest BCUT2D eigenvalue weighted by Gasteiger charge is 2.68. The minimum atomic E-state index is -1.90. The van der Waals surface area contributed by atoms with Crippen molar-refractivity contribution in [3.8, 4) is 0 Å². The molecule has 30 heavy (non-hydrogen) atoms. The van der Waals surface area contributed by atoms with E-state index in [2.05, 4.69) is 0 Å². The molecule has 3 aromatic carbocycles. The van der Waals surface area contributed by atoms with Crippen LogP contribution in [0.1, 0.15) is 28.2 Å². The molecule has 1 aliphatic heterocycles. The minimum Gasteiger partial charge on any atom is -0.269 e. The first-order valence-electron chi connectivity index (χ1n) is 9.60. The van der Waals surface area contributed by atoms with Gasteiger partial charge in [0.1, 0.15) is 5.57 Å². The largest absolute Gasteiger partial charge is 0.303 e. The first kappa shape index (κ1) is 16.9. The summed E-state index contributed by atoms with van der Waals surface area (Å²) in [5.74, 6) is -1.60. The van der Waals surface area contributed by atoms with Crippen LogP contribution in [0.3, 0.4) is 0 Å². The van der Waals surface area contributed by atoms with Crippen LogP contribution < -0.4 is 4.90 Å². The molecular weight excluding hydrogens is 380 g/mol. The molecular formula is C24H14N2O4. The van der Waals surface area contributed by atoms with Crippen LogP contribution in [0, 0.1) is 10.1 Å². The summed E-state index contributed by atoms with van der Waals surface area (Å²) in [5.41, 5.74) is 1.06. The number of para-hydroxylation sites is 1. The van der Waals surface area contributed by atoms with E-state index in [1.165, 1.54) is 0 Å². The maximum atomic E-state index is 13.6. The Morgan fingerprint density at radius 3 is 1.87 bits per heavy atom. The third kappa shape index (κ3) is 1.71. The Bertz CT molecular complexity index is 1280. The van der Waals surface area contributed by atoms with Crippen molar-refractivity contribution < 1.29 is 14.5 Å². The maximum Gasteiger partial charge on any atom is 0.303 e. The second-order valence-electron chi connectivity index (χ2n) is 7.64. The molecule has 0 aromatic heterocycles. The Kier molecular flexibility index (Phi) is 3.09. The van der Waals surface area contributed by atoms with Crippen LogP contribution in [0.2, 0.25) is 0 Å². The first-order chi connectivity index (χ1) is 14.6. The molecule has 0 saturated heterocycles. The zero-order valence-corrected chi connectivity index (χ0v) is 15.6. The Balaban J connectivity index is 1.72. The molecule has 0 unspecified atom stereocenters. The smallest absolute Gasteiger partial charge is 0.269 e. The molecule has 6 nitrogen and oxygen atoms in total. The van der Waals surface area contributed by atoms with Gasteiger partial charge in [-0.15, -0.1) is 0 Å². The van der Waals surface area contributed by atoms with Crippen molar-refractivity contribution in [3.63, 3.8) is 0 Å². The van der Waals surface area contributed by atoms with Gasteiger partial charge >= 0.3 is 5.54 Å². The molecule has 0 N–H and O–H groups in total. The van der Waals surface area contributed by atoms with Crippen LogP contribution in [0.5, 0.6) is 0 Å². The number of hydrogen-bond donors (Lipinski definition) is 0. The van der Waals surface area contributed by atoms with Crippen LogP contribution >= 0.6 is 0 Å². The van der Waals surface area contributed by atoms with Crippen molar-refractivity contribution in [2.75, 3.05) is 4.90 Å². The highest BCUT2D eigenvalue weighted by atomic mass is 16.6. The minimum absolute atomic E-state index is 0.0243. The van der Waals surface area contributed by atoms with Crippen LogP contribution in [-0.2, 0) is 15.1 Å². The summed E-state index contributed by atoms with van der Waals surface area (Å²) < 4.78 is 0. The molecule has 144 valence electrons. The van der Waals surface area contributed by atoms with E-state index in [0.29, 0.717) is 27.9 Å². The topological polar surface area (TPSA) is 80.5 Å². The van der Waals surface area contributed by atoms with Gasteiger partial charge < -0.3 is 0 Å². The van der Waals surface area contributed by atoms with Crippen LogP contribution in [0.15, 0.2) is 90.0 Å². The van der Waals surface area contributed by atoms with Crippen molar-refractivity contribution in [2.24, 2.45) is 0 Å². The summed E-state index contributed by atoms with van der Waals surface area (Å²) in [6.07, 6.45) is 0. The number of hydrogen-bond acceptors (Lipinski definition) is 4. The number of carbonyl (C=O) groups is 2. The number of benzene rings is 3. The lowest BCUT2D eigenvalue weighted by atomic mass is 9.57. The van der Waals surface area contributed by atoms with Crippen LogP contribution in [0.25, 0.3) is 0 Å². The third-order valence-corrected chi connectivity index (χ3v) is 6.38. The summed E-state index contributed by atoms with van der Waals surface area (Å²) in [6, 6.07) is 22.7. The molecule has 4 aliphatic rings. The van der Waals surface area contributed by atoms with Gasteiger partial charge in [0, 0.05) is 27.5 Å². The Hall–Kier alpha value is -4.06. The molecule has 6 heteroatoms. The summed E-state index contributed by atoms with van der Waals surface area (Å²) >= 11 is 0. The Morgan fingerprint density at radius 1 is 0.767 bits per heavy atom. The SMILES string of the molecule is O=C1C2=C(C(=O)N1c1ccccc1)C1([N+](=O)[O-])c3ccccc3C2c2ccccc21. The molecule has 0 radical (unpaired) electrons. The standard InChI is InChI=1S/C24H14N2O4/c27-22-20-19-15-10-4-6-12-17(15)24(26(29)30,18-13-7-5-11-16(18)19)21(20)23(28)25(22)14-8-2-1-3-9-14/h1-13,19H. The highest BCUT2D eigenvalue weighted by molar-refractivity contribution is 6.35. The number of carbonyl (C=O) groups excluding carboxylic acids is 2. The molecule has 2 bridgehead atoms. The van der Waals surface area contributed by atoms with E-state index in [1.807, 2.05) is 24.3 Å². The van der Waals surface area contributed by atoms with E-state index >= 15 is 0 Å². The maximum absolute atomic E-state index is 13.6. The lowest BCUT2D eigenvalue weighted by molar-refractivity contribution is -0.554. The quantitative estimate of drug-likeness (QED) is 0.378. The number of rotatable bonds is 2. The fraction of sp³-hybridized carbons (Fsp3) is 0.0833. The average Bonchev–Trinajstić information content (AvgIpc) is 3.05. The van der Waals surface area contributed by atoms with Gasteiger partial charge in [-0.1, -0.05) is 66.7 Å². The molecule has 3 aliphatic carbocycles. The first-order valence-corrected chi connectivity index (χ1v) is 9.60. The van der Waals surface area contributed by atoms with Crippen molar-refractivity contribution in [1.29, 1.82) is 0 Å². The van der Waals surface area contributed by atoms with Crippen LogP contribution in [-0.4, -0.2) is 16.7 Å². The zero-order chi connectivity index (χ0) is 20.6. The lowest BCUT2D eigenvalue weighted by Crippen LogP contribution is -2.49. The number of imide groups is 1. The fourth-order valence-corrected chi connectivity index (χ4v) is 5.31. The van der Waals surface area contributed by atoms with E-state index in [0.717, 1.165) is 4.90 Å². The third-order valence-electron chi connectivity index (χ3n) is 6.38. The number of nitrogens with zero attached hydrogens (tertiary/aromatic N) is 2. The summed E-state index contributed by atoms with van der Waals surface area (Å²) in [5, 5.41) is 12.8. The van der Waals surface area contributed by atoms with Crippen molar-refractivity contribution in [3.05, 3.63) is 122 Å². The predicted molar refractivity (Wildman–Crippen MR) is 108 cm³/mol. The van der Waals surface area contributed by atoms with Gasteiger partial charge in [0.2, 0.25) is 0 Å². The molecule has 0 saturated carbocycles. The second-order valence-corrected chi connectivity index (χ2v) is 7.64. The van der Waals surface area contributed by atoms with Gasteiger partial charge in [0.15, 0.2) is 0 Å². The second kappa shape index (κ2) is 5.51. The van der Waals surface area contributed by atoms with Gasteiger partial charge in [0.05, 0.1) is 5.69 Å². The zero-order valence-electron chi connectivity index (χ0n) is 15.6. The number of anilines is 1. The summed E-state index contributed by atoms with van der Waals surface area (Å²) in [4.78, 5) is 40.6. The molecule has 2 amide bonds. The van der Waals surface area contributed by atoms with E-state index in [1.54, 1.807) is 54.6 Å². The molecule has 0 atom stereocenters. The van der Waals surface area contributed by atoms with Crippen molar-refractivity contribution in [1.82, 2.24) is 0 Å². The van der Waals surface area contributed by atoms with E-state index in [-0.39, 0.29) is 11.1 Å². The van der Waals surface area contributed by atoms with Gasteiger partial charge in [-0.05, 0) is 23.3 Å².